The summed E-state index contributed by atoms with van der Waals surface area (Å²) >= 11 is 0. The summed E-state index contributed by atoms with van der Waals surface area (Å²) in [5.74, 6) is 5.33. The van der Waals surface area contributed by atoms with Gasteiger partial charge in [0.05, 0.1) is 0 Å². The standard InChI is InChI=1S/C12H10N3O/c13-15-8-4-5-10(9-15)12(16)14-11-6-2-1-3-7-11/h1-2,4-9H,13H2/p+1. The molecule has 0 saturated carbocycles. The maximum Gasteiger partial charge on any atom is 0.261 e. The number of amides is 1. The van der Waals surface area contributed by atoms with Crippen LogP contribution in [-0.4, -0.2) is 5.91 Å². The van der Waals surface area contributed by atoms with Gasteiger partial charge in [-0.3, -0.25) is 4.79 Å². The van der Waals surface area contributed by atoms with Gasteiger partial charge in [0, 0.05) is 11.8 Å². The van der Waals surface area contributed by atoms with Crippen molar-refractivity contribution in [3.8, 4) is 0 Å². The van der Waals surface area contributed by atoms with Crippen LogP contribution in [0.5, 0.6) is 0 Å². The van der Waals surface area contributed by atoms with E-state index in [9.17, 15) is 4.79 Å². The molecule has 1 radical (unpaired) electrons. The zero-order chi connectivity index (χ0) is 11.4. The highest BCUT2D eigenvalue weighted by Crippen LogP contribution is 2.06. The summed E-state index contributed by atoms with van der Waals surface area (Å²) in [5.41, 5.74) is 1.22. The van der Waals surface area contributed by atoms with E-state index in [-0.39, 0.29) is 5.91 Å². The number of hydrogen-bond acceptors (Lipinski definition) is 2. The first-order chi connectivity index (χ1) is 7.75. The molecule has 0 aliphatic heterocycles. The predicted molar refractivity (Wildman–Crippen MR) is 60.0 cm³/mol. The molecule has 0 aliphatic carbocycles. The summed E-state index contributed by atoms with van der Waals surface area (Å²) in [4.78, 5) is 11.8. The van der Waals surface area contributed by atoms with Crippen LogP contribution in [0.3, 0.4) is 0 Å². The van der Waals surface area contributed by atoms with E-state index in [0.717, 1.165) is 0 Å². The lowest BCUT2D eigenvalue weighted by atomic mass is 10.2. The van der Waals surface area contributed by atoms with Gasteiger partial charge in [-0.25, -0.2) is 5.84 Å². The second kappa shape index (κ2) is 4.44. The van der Waals surface area contributed by atoms with E-state index in [1.807, 2.05) is 6.07 Å². The van der Waals surface area contributed by atoms with E-state index in [1.165, 1.54) is 4.68 Å². The first-order valence-electron chi connectivity index (χ1n) is 4.79. The van der Waals surface area contributed by atoms with E-state index < -0.39 is 0 Å². The van der Waals surface area contributed by atoms with E-state index in [4.69, 9.17) is 5.84 Å². The Morgan fingerprint density at radius 1 is 1.38 bits per heavy atom. The normalized spacial score (nSPS) is 9.75. The maximum atomic E-state index is 11.8. The summed E-state index contributed by atoms with van der Waals surface area (Å²) in [6.45, 7) is 0. The Morgan fingerprint density at radius 2 is 2.25 bits per heavy atom. The maximum absolute atomic E-state index is 11.8. The summed E-state index contributed by atoms with van der Waals surface area (Å²) in [6, 6.07) is 13.4. The average molecular weight is 213 g/mol. The van der Waals surface area contributed by atoms with Gasteiger partial charge in [0.15, 0.2) is 6.20 Å². The Hall–Kier alpha value is -2.36. The minimum Gasteiger partial charge on any atom is -0.322 e. The molecule has 0 aliphatic rings. The first-order valence-corrected chi connectivity index (χ1v) is 4.79. The largest absolute Gasteiger partial charge is 0.322 e. The van der Waals surface area contributed by atoms with E-state index in [2.05, 4.69) is 11.4 Å². The number of aromatic nitrogens is 1. The van der Waals surface area contributed by atoms with Crippen molar-refractivity contribution in [3.05, 3.63) is 60.4 Å². The molecule has 1 aromatic heterocycles. The van der Waals surface area contributed by atoms with Crippen molar-refractivity contribution in [1.82, 2.24) is 0 Å². The predicted octanol–water partition coefficient (Wildman–Crippen LogP) is 0.740. The van der Waals surface area contributed by atoms with Crippen LogP contribution in [0.4, 0.5) is 5.69 Å². The fourth-order valence-electron chi connectivity index (χ4n) is 1.30. The Bertz CT molecular complexity index is 497. The van der Waals surface area contributed by atoms with Crippen molar-refractivity contribution in [1.29, 1.82) is 0 Å². The van der Waals surface area contributed by atoms with Crippen LogP contribution in [0.25, 0.3) is 0 Å². The number of nitrogens with zero attached hydrogens (tertiary/aromatic N) is 1. The third-order valence-corrected chi connectivity index (χ3v) is 2.05. The van der Waals surface area contributed by atoms with Crippen molar-refractivity contribution >= 4 is 11.6 Å². The van der Waals surface area contributed by atoms with Crippen molar-refractivity contribution in [2.24, 2.45) is 0 Å². The Balaban J connectivity index is 2.15. The SMILES string of the molecule is N[n+]1cccc(C(=O)Nc2c[c]ccc2)c1. The molecule has 79 valence electrons. The second-order valence-electron chi connectivity index (χ2n) is 3.29. The number of nitrogens with one attached hydrogen (secondary N) is 1. The molecule has 2 aromatic rings. The summed E-state index contributed by atoms with van der Waals surface area (Å²) in [5, 5.41) is 2.75. The monoisotopic (exact) mass is 213 g/mol. The summed E-state index contributed by atoms with van der Waals surface area (Å²) in [6.07, 6.45) is 3.22. The zero-order valence-electron chi connectivity index (χ0n) is 8.55. The Morgan fingerprint density at radius 3 is 2.94 bits per heavy atom. The molecule has 16 heavy (non-hydrogen) atoms. The summed E-state index contributed by atoms with van der Waals surface area (Å²) < 4.78 is 1.34. The third kappa shape index (κ3) is 2.36. The number of anilines is 1. The van der Waals surface area contributed by atoms with Crippen molar-refractivity contribution in [3.63, 3.8) is 0 Å². The van der Waals surface area contributed by atoms with Gasteiger partial charge < -0.3 is 5.32 Å². The molecular weight excluding hydrogens is 202 g/mol. The van der Waals surface area contributed by atoms with Gasteiger partial charge in [0.1, 0.15) is 5.56 Å². The molecule has 1 aromatic carbocycles. The number of carbonyl (C=O) groups excluding carboxylic acids is 1. The number of rotatable bonds is 2. The fraction of sp³-hybridized carbons (Fsp3) is 0. The number of nitrogen functional groups attached to an aromatic ring is 1. The van der Waals surface area contributed by atoms with Gasteiger partial charge in [-0.05, 0) is 24.3 Å². The lowest BCUT2D eigenvalue weighted by Crippen LogP contribution is -2.44. The number of nitrogens with two attached hydrogens (primary N) is 1. The molecule has 2 rings (SSSR count). The van der Waals surface area contributed by atoms with Crippen LogP contribution in [0, 0.1) is 6.07 Å². The van der Waals surface area contributed by atoms with Crippen molar-refractivity contribution in [2.45, 2.75) is 0 Å². The molecule has 0 saturated heterocycles. The molecule has 0 spiro atoms. The van der Waals surface area contributed by atoms with Crippen LogP contribution in [-0.2, 0) is 0 Å². The van der Waals surface area contributed by atoms with Gasteiger partial charge in [0.2, 0.25) is 6.20 Å². The molecule has 1 heterocycles. The van der Waals surface area contributed by atoms with E-state index in [1.54, 1.807) is 42.7 Å². The topological polar surface area (TPSA) is 59.0 Å². The minimum absolute atomic E-state index is 0.195. The molecule has 3 N–H and O–H groups in total. The summed E-state index contributed by atoms with van der Waals surface area (Å²) in [7, 11) is 0. The number of pyridine rings is 1. The fourth-order valence-corrected chi connectivity index (χ4v) is 1.30. The lowest BCUT2D eigenvalue weighted by Gasteiger charge is -2.02. The molecule has 0 unspecified atom stereocenters. The molecule has 4 nitrogen and oxygen atoms in total. The van der Waals surface area contributed by atoms with Gasteiger partial charge >= 0.3 is 0 Å². The molecule has 0 bridgehead atoms. The highest BCUT2D eigenvalue weighted by molar-refractivity contribution is 6.03. The van der Waals surface area contributed by atoms with E-state index in [0.29, 0.717) is 11.3 Å². The molecule has 1 amide bonds. The van der Waals surface area contributed by atoms with Crippen LogP contribution < -0.4 is 15.8 Å². The van der Waals surface area contributed by atoms with Gasteiger partial charge in [-0.1, -0.05) is 16.8 Å². The third-order valence-electron chi connectivity index (χ3n) is 2.05. The first kappa shape index (κ1) is 10.2. The number of hydrogen-bond donors (Lipinski definition) is 2. The second-order valence-corrected chi connectivity index (χ2v) is 3.29. The average Bonchev–Trinajstić information content (AvgIpc) is 2.30. The van der Waals surface area contributed by atoms with E-state index >= 15 is 0 Å². The number of benzene rings is 1. The van der Waals surface area contributed by atoms with Crippen molar-refractivity contribution in [2.75, 3.05) is 11.2 Å². The van der Waals surface area contributed by atoms with Crippen LogP contribution in [0.2, 0.25) is 0 Å². The minimum atomic E-state index is -0.195. The molecular formula is C12H11N3O+. The van der Waals surface area contributed by atoms with Crippen LogP contribution >= 0.6 is 0 Å². The Labute approximate surface area is 93.3 Å². The van der Waals surface area contributed by atoms with Crippen LogP contribution in [0.15, 0.2) is 48.8 Å². The van der Waals surface area contributed by atoms with Gasteiger partial charge in [-0.15, -0.1) is 0 Å². The smallest absolute Gasteiger partial charge is 0.261 e. The van der Waals surface area contributed by atoms with Gasteiger partial charge in [0.25, 0.3) is 5.91 Å². The molecule has 4 heteroatoms. The molecule has 0 fully saturated rings. The molecule has 0 atom stereocenters. The quantitative estimate of drug-likeness (QED) is 0.571. The highest BCUT2D eigenvalue weighted by atomic mass is 16.1. The lowest BCUT2D eigenvalue weighted by molar-refractivity contribution is -0.639. The Kier molecular flexibility index (Phi) is 2.82. The van der Waals surface area contributed by atoms with Crippen molar-refractivity contribution < 1.29 is 9.47 Å². The van der Waals surface area contributed by atoms with Crippen LogP contribution in [0.1, 0.15) is 10.4 Å². The van der Waals surface area contributed by atoms with Gasteiger partial charge in [-0.2, -0.15) is 0 Å². The zero-order valence-corrected chi connectivity index (χ0v) is 8.55. The number of carbonyl (C=O) groups is 1. The highest BCUT2D eigenvalue weighted by Gasteiger charge is 2.09.